The fraction of sp³-hybridized carbons (Fsp3) is 0.0588. The Bertz CT molecular complexity index is 871. The minimum absolute atomic E-state index is 0.0573. The molecule has 0 atom stereocenters. The Labute approximate surface area is 127 Å². The zero-order valence-corrected chi connectivity index (χ0v) is 11.9. The number of benzene rings is 2. The highest BCUT2D eigenvalue weighted by atomic mass is 16.5. The number of fused-ring (bicyclic) bond motifs is 1. The number of methoxy groups -OCH3 is 1. The van der Waals surface area contributed by atoms with Crippen molar-refractivity contribution >= 4 is 22.7 Å². The summed E-state index contributed by atoms with van der Waals surface area (Å²) in [6, 6.07) is 14.6. The zero-order chi connectivity index (χ0) is 15.5. The molecular formula is C17H13N3O2. The minimum atomic E-state index is 0.0573. The number of nitrogens with zero attached hydrogens (tertiary/aromatic N) is 2. The van der Waals surface area contributed by atoms with Crippen LogP contribution in [0.25, 0.3) is 22.7 Å². The number of aromatic amines is 1. The van der Waals surface area contributed by atoms with Crippen LogP contribution in [-0.4, -0.2) is 22.2 Å². The number of aromatic hydroxyl groups is 1. The van der Waals surface area contributed by atoms with E-state index in [0.717, 1.165) is 16.6 Å². The van der Waals surface area contributed by atoms with Crippen LogP contribution >= 0.6 is 0 Å². The number of para-hydroxylation sites is 2. The van der Waals surface area contributed by atoms with Gasteiger partial charge in [-0.2, -0.15) is 5.26 Å². The molecule has 0 aliphatic rings. The molecule has 0 fully saturated rings. The molecule has 2 aromatic carbocycles. The van der Waals surface area contributed by atoms with E-state index in [-0.39, 0.29) is 5.75 Å². The SMILES string of the molecule is COc1cc(/C=C(/C#N)c2nc3ccccc3[nH]2)ccc1O. The molecule has 5 heteroatoms. The number of hydrogen-bond acceptors (Lipinski definition) is 4. The topological polar surface area (TPSA) is 81.9 Å². The van der Waals surface area contributed by atoms with Crippen molar-refractivity contribution in [1.29, 1.82) is 5.26 Å². The lowest BCUT2D eigenvalue weighted by atomic mass is 10.1. The van der Waals surface area contributed by atoms with Gasteiger partial charge in [-0.25, -0.2) is 4.98 Å². The predicted molar refractivity (Wildman–Crippen MR) is 84.2 cm³/mol. The van der Waals surface area contributed by atoms with E-state index in [2.05, 4.69) is 16.0 Å². The van der Waals surface area contributed by atoms with Crippen molar-refractivity contribution in [2.45, 2.75) is 0 Å². The Balaban J connectivity index is 2.05. The fourth-order valence-corrected chi connectivity index (χ4v) is 2.18. The van der Waals surface area contributed by atoms with E-state index >= 15 is 0 Å². The number of rotatable bonds is 3. The molecule has 3 aromatic rings. The molecule has 108 valence electrons. The first-order chi connectivity index (χ1) is 10.7. The van der Waals surface area contributed by atoms with E-state index in [4.69, 9.17) is 4.74 Å². The van der Waals surface area contributed by atoms with E-state index in [1.54, 1.807) is 18.2 Å². The second-order valence-corrected chi connectivity index (χ2v) is 4.70. The maximum Gasteiger partial charge on any atom is 0.161 e. The standard InChI is InChI=1S/C17H13N3O2/c1-22-16-9-11(6-7-15(16)21)8-12(10-18)17-19-13-4-2-3-5-14(13)20-17/h2-9,21H,1H3,(H,19,20)/b12-8-. The summed E-state index contributed by atoms with van der Waals surface area (Å²) in [4.78, 5) is 7.54. The van der Waals surface area contributed by atoms with Crippen LogP contribution in [0.15, 0.2) is 42.5 Å². The van der Waals surface area contributed by atoms with Gasteiger partial charge in [0.05, 0.1) is 23.7 Å². The van der Waals surface area contributed by atoms with E-state index < -0.39 is 0 Å². The van der Waals surface area contributed by atoms with E-state index in [0.29, 0.717) is 17.1 Å². The average molecular weight is 291 g/mol. The normalized spacial score (nSPS) is 11.4. The van der Waals surface area contributed by atoms with Crippen molar-refractivity contribution in [1.82, 2.24) is 9.97 Å². The quantitative estimate of drug-likeness (QED) is 0.725. The highest BCUT2D eigenvalue weighted by Gasteiger charge is 2.08. The van der Waals surface area contributed by atoms with Gasteiger partial charge in [-0.1, -0.05) is 18.2 Å². The molecule has 1 heterocycles. The molecular weight excluding hydrogens is 278 g/mol. The van der Waals surface area contributed by atoms with Gasteiger partial charge in [0.25, 0.3) is 0 Å². The highest BCUT2D eigenvalue weighted by Crippen LogP contribution is 2.28. The van der Waals surface area contributed by atoms with Crippen molar-refractivity contribution in [3.8, 4) is 17.6 Å². The Hall–Kier alpha value is -3.26. The summed E-state index contributed by atoms with van der Waals surface area (Å²) in [5.41, 5.74) is 2.83. The molecule has 3 rings (SSSR count). The molecule has 1 aromatic heterocycles. The Morgan fingerprint density at radius 1 is 1.32 bits per heavy atom. The van der Waals surface area contributed by atoms with Crippen LogP contribution in [0.1, 0.15) is 11.4 Å². The summed E-state index contributed by atoms with van der Waals surface area (Å²) < 4.78 is 5.07. The molecule has 0 saturated carbocycles. The third-order valence-electron chi connectivity index (χ3n) is 3.28. The third-order valence-corrected chi connectivity index (χ3v) is 3.28. The second-order valence-electron chi connectivity index (χ2n) is 4.70. The van der Waals surface area contributed by atoms with Crippen molar-refractivity contribution in [2.24, 2.45) is 0 Å². The van der Waals surface area contributed by atoms with Crippen LogP contribution in [-0.2, 0) is 0 Å². The number of aromatic nitrogens is 2. The van der Waals surface area contributed by atoms with Gasteiger partial charge in [0.15, 0.2) is 11.5 Å². The van der Waals surface area contributed by atoms with Crippen LogP contribution in [0.5, 0.6) is 11.5 Å². The maximum atomic E-state index is 9.61. The number of phenolic OH excluding ortho intramolecular Hbond substituents is 1. The van der Waals surface area contributed by atoms with Gasteiger partial charge in [-0.15, -0.1) is 0 Å². The van der Waals surface area contributed by atoms with Crippen LogP contribution in [0.4, 0.5) is 0 Å². The summed E-state index contributed by atoms with van der Waals surface area (Å²) >= 11 is 0. The smallest absolute Gasteiger partial charge is 0.161 e. The monoisotopic (exact) mass is 291 g/mol. The number of nitriles is 1. The molecule has 0 amide bonds. The van der Waals surface area contributed by atoms with Crippen molar-refractivity contribution in [3.63, 3.8) is 0 Å². The summed E-state index contributed by atoms with van der Waals surface area (Å²) in [6.07, 6.45) is 1.69. The number of H-pyrrole nitrogens is 1. The first kappa shape index (κ1) is 13.7. The first-order valence-electron chi connectivity index (χ1n) is 6.65. The second kappa shape index (κ2) is 5.62. The number of phenols is 1. The number of ether oxygens (including phenoxy) is 1. The lowest BCUT2D eigenvalue weighted by Gasteiger charge is -2.04. The van der Waals surface area contributed by atoms with Gasteiger partial charge in [-0.3, -0.25) is 0 Å². The molecule has 0 aliphatic heterocycles. The van der Waals surface area contributed by atoms with Crippen molar-refractivity contribution in [3.05, 3.63) is 53.9 Å². The van der Waals surface area contributed by atoms with Crippen LogP contribution in [0.3, 0.4) is 0 Å². The molecule has 0 unspecified atom stereocenters. The van der Waals surface area contributed by atoms with Crippen molar-refractivity contribution < 1.29 is 9.84 Å². The molecule has 0 radical (unpaired) electrons. The highest BCUT2D eigenvalue weighted by molar-refractivity contribution is 5.90. The Morgan fingerprint density at radius 3 is 2.86 bits per heavy atom. The van der Waals surface area contributed by atoms with Gasteiger partial charge < -0.3 is 14.8 Å². The fourth-order valence-electron chi connectivity index (χ4n) is 2.18. The lowest BCUT2D eigenvalue weighted by Crippen LogP contribution is -1.87. The third kappa shape index (κ3) is 2.50. The number of nitrogens with one attached hydrogen (secondary N) is 1. The summed E-state index contributed by atoms with van der Waals surface area (Å²) in [7, 11) is 1.48. The van der Waals surface area contributed by atoms with Gasteiger partial charge in [0.2, 0.25) is 0 Å². The summed E-state index contributed by atoms with van der Waals surface area (Å²) in [5.74, 6) is 0.924. The van der Waals surface area contributed by atoms with E-state index in [9.17, 15) is 10.4 Å². The van der Waals surface area contributed by atoms with Crippen LogP contribution in [0.2, 0.25) is 0 Å². The number of hydrogen-bond donors (Lipinski definition) is 2. The number of imidazole rings is 1. The molecule has 0 aliphatic carbocycles. The first-order valence-corrected chi connectivity index (χ1v) is 6.65. The van der Waals surface area contributed by atoms with Gasteiger partial charge in [0.1, 0.15) is 11.9 Å². The average Bonchev–Trinajstić information content (AvgIpc) is 2.97. The molecule has 22 heavy (non-hydrogen) atoms. The summed E-state index contributed by atoms with van der Waals surface area (Å²) in [5, 5.41) is 19.0. The van der Waals surface area contributed by atoms with E-state index in [1.807, 2.05) is 24.3 Å². The summed E-state index contributed by atoms with van der Waals surface area (Å²) in [6.45, 7) is 0. The zero-order valence-electron chi connectivity index (χ0n) is 11.9. The van der Waals surface area contributed by atoms with Crippen molar-refractivity contribution in [2.75, 3.05) is 7.11 Å². The molecule has 5 nitrogen and oxygen atoms in total. The molecule has 0 bridgehead atoms. The lowest BCUT2D eigenvalue weighted by molar-refractivity contribution is 0.373. The number of allylic oxidation sites excluding steroid dienone is 1. The molecule has 2 N–H and O–H groups in total. The van der Waals surface area contributed by atoms with E-state index in [1.165, 1.54) is 13.2 Å². The van der Waals surface area contributed by atoms with Gasteiger partial charge in [-0.05, 0) is 35.9 Å². The van der Waals surface area contributed by atoms with Gasteiger partial charge in [0, 0.05) is 0 Å². The predicted octanol–water partition coefficient (Wildman–Crippen LogP) is 3.34. The minimum Gasteiger partial charge on any atom is -0.504 e. The molecule has 0 saturated heterocycles. The maximum absolute atomic E-state index is 9.61. The van der Waals surface area contributed by atoms with Gasteiger partial charge >= 0.3 is 0 Å². The largest absolute Gasteiger partial charge is 0.504 e. The van der Waals surface area contributed by atoms with Crippen LogP contribution < -0.4 is 4.74 Å². The Morgan fingerprint density at radius 2 is 2.14 bits per heavy atom. The Kier molecular flexibility index (Phi) is 3.50. The molecule has 0 spiro atoms. The van der Waals surface area contributed by atoms with Crippen LogP contribution in [0, 0.1) is 11.3 Å².